The van der Waals surface area contributed by atoms with Crippen LogP contribution in [0.5, 0.6) is 0 Å². The molecule has 0 amide bonds. The maximum atomic E-state index is 10.8. The number of unbranched alkanes of at least 4 members (excludes halogenated alkanes) is 2. The summed E-state index contributed by atoms with van der Waals surface area (Å²) in [5.74, 6) is -0.305. The van der Waals surface area contributed by atoms with Gasteiger partial charge in [-0.15, -0.1) is 12.4 Å². The summed E-state index contributed by atoms with van der Waals surface area (Å²) >= 11 is 0. The zero-order valence-electron chi connectivity index (χ0n) is 9.28. The third kappa shape index (κ3) is 19.9. The molecule has 4 nitrogen and oxygen atoms in total. The minimum absolute atomic E-state index is 0. The molecule has 16 heavy (non-hydrogen) atoms. The number of nitrogens with two attached hydrogens (primary N) is 1. The lowest BCUT2D eigenvalue weighted by Gasteiger charge is -2.07. The van der Waals surface area contributed by atoms with E-state index in [1.54, 1.807) is 0 Å². The molecular weight excluding hydrogens is 297 g/mol. The summed E-state index contributed by atoms with van der Waals surface area (Å²) in [6, 6.07) is -0.424. The Bertz CT molecular complexity index is 191. The quantitative estimate of drug-likeness (QED) is 0.481. The van der Waals surface area contributed by atoms with Crippen molar-refractivity contribution in [2.45, 2.75) is 38.6 Å². The second kappa shape index (κ2) is 15.4. The van der Waals surface area contributed by atoms with Crippen LogP contribution in [0.1, 0.15) is 32.6 Å². The van der Waals surface area contributed by atoms with Crippen molar-refractivity contribution in [3.05, 3.63) is 0 Å². The molecular formula is C8H18Cl3NO3S. The fraction of sp³-hybridized carbons (Fsp3) is 0.875. The van der Waals surface area contributed by atoms with Gasteiger partial charge in [-0.1, -0.05) is 26.2 Å². The van der Waals surface area contributed by atoms with E-state index in [4.69, 9.17) is 9.94 Å². The highest BCUT2D eigenvalue weighted by Gasteiger charge is 2.11. The largest absolute Gasteiger partial charge is 0.468 e. The Morgan fingerprint density at radius 1 is 1.44 bits per heavy atom. The van der Waals surface area contributed by atoms with Gasteiger partial charge < -0.3 is 10.5 Å². The van der Waals surface area contributed by atoms with Crippen LogP contribution in [0.25, 0.3) is 0 Å². The molecule has 0 aliphatic carbocycles. The molecule has 0 heterocycles. The lowest BCUT2D eigenvalue weighted by Crippen LogP contribution is -2.31. The van der Waals surface area contributed by atoms with Crippen LogP contribution in [-0.4, -0.2) is 23.3 Å². The molecule has 2 N–H and O–H groups in total. The number of esters is 1. The molecule has 0 aromatic heterocycles. The first-order valence-corrected chi connectivity index (χ1v) is 7.33. The molecule has 0 saturated heterocycles. The molecule has 0 spiro atoms. The molecule has 0 aliphatic heterocycles. The Morgan fingerprint density at radius 3 is 2.19 bits per heavy atom. The Balaban J connectivity index is -0.000000292. The summed E-state index contributed by atoms with van der Waals surface area (Å²) < 4.78 is 13.6. The van der Waals surface area contributed by atoms with Crippen LogP contribution in [0.2, 0.25) is 0 Å². The molecule has 1 unspecified atom stereocenters. The first kappa shape index (κ1) is 21.7. The van der Waals surface area contributed by atoms with Crippen molar-refractivity contribution in [3.8, 4) is 0 Å². The third-order valence-electron chi connectivity index (χ3n) is 1.62. The highest BCUT2D eigenvalue weighted by atomic mass is 36.0. The van der Waals surface area contributed by atoms with Crippen LogP contribution in [-0.2, 0) is 18.8 Å². The van der Waals surface area contributed by atoms with Gasteiger partial charge in [-0.3, -0.25) is 4.79 Å². The van der Waals surface area contributed by atoms with Gasteiger partial charge >= 0.3 is 5.97 Å². The second-order valence-electron chi connectivity index (χ2n) is 2.81. The number of ether oxygens (including phenoxy) is 1. The van der Waals surface area contributed by atoms with E-state index in [2.05, 4.69) is 33.0 Å². The summed E-state index contributed by atoms with van der Waals surface area (Å²) in [6.07, 6.45) is 4.02. The minimum atomic E-state index is -1.67. The van der Waals surface area contributed by atoms with Crippen LogP contribution in [0.15, 0.2) is 0 Å². The molecule has 100 valence electrons. The smallest absolute Gasteiger partial charge is 0.322 e. The Kier molecular flexibility index (Phi) is 21.0. The highest BCUT2D eigenvalue weighted by molar-refractivity contribution is 8.26. The van der Waals surface area contributed by atoms with Crippen molar-refractivity contribution in [3.63, 3.8) is 0 Å². The number of halogens is 3. The lowest BCUT2D eigenvalue weighted by molar-refractivity contribution is -0.142. The van der Waals surface area contributed by atoms with E-state index in [1.165, 1.54) is 7.11 Å². The van der Waals surface area contributed by atoms with Crippen molar-refractivity contribution in [2.24, 2.45) is 5.73 Å². The van der Waals surface area contributed by atoms with Gasteiger partial charge in [0.25, 0.3) is 0 Å². The predicted molar refractivity (Wildman–Crippen MR) is 71.2 cm³/mol. The van der Waals surface area contributed by atoms with Gasteiger partial charge in [0.2, 0.25) is 9.23 Å². The molecule has 0 saturated carbocycles. The van der Waals surface area contributed by atoms with Crippen LogP contribution >= 0.6 is 33.8 Å². The number of hydrogen-bond donors (Lipinski definition) is 1. The summed E-state index contributed by atoms with van der Waals surface area (Å²) in [7, 11) is 8.72. The van der Waals surface area contributed by atoms with Crippen LogP contribution in [0, 0.1) is 0 Å². The number of methoxy groups -OCH3 is 1. The van der Waals surface area contributed by atoms with Crippen LogP contribution in [0.4, 0.5) is 0 Å². The number of carbonyl (C=O) groups excluding carboxylic acids is 1. The Hall–Kier alpha value is 0.450. The van der Waals surface area contributed by atoms with E-state index in [9.17, 15) is 4.79 Å². The summed E-state index contributed by atoms with van der Waals surface area (Å²) in [6.45, 7) is 2.11. The molecule has 0 rings (SSSR count). The maximum Gasteiger partial charge on any atom is 0.322 e. The fourth-order valence-electron chi connectivity index (χ4n) is 0.883. The lowest BCUT2D eigenvalue weighted by atomic mass is 10.1. The molecule has 0 aromatic carbocycles. The van der Waals surface area contributed by atoms with Crippen molar-refractivity contribution in [2.75, 3.05) is 7.11 Å². The first-order chi connectivity index (χ1) is 6.95. The van der Waals surface area contributed by atoms with Gasteiger partial charge in [0, 0.05) is 21.4 Å². The highest BCUT2D eigenvalue weighted by Crippen LogP contribution is 2.02. The predicted octanol–water partition coefficient (Wildman–Crippen LogP) is 2.53. The normalized spacial score (nSPS) is 10.9. The van der Waals surface area contributed by atoms with E-state index < -0.39 is 15.3 Å². The van der Waals surface area contributed by atoms with Crippen molar-refractivity contribution >= 4 is 49.0 Å². The average Bonchev–Trinajstić information content (AvgIpc) is 2.16. The Morgan fingerprint density at radius 2 is 1.88 bits per heavy atom. The topological polar surface area (TPSA) is 69.4 Å². The molecule has 0 fully saturated rings. The number of carbonyl (C=O) groups is 1. The van der Waals surface area contributed by atoms with Gasteiger partial charge in [0.05, 0.1) is 7.11 Å². The number of rotatable bonds is 5. The number of hydrogen-bond acceptors (Lipinski definition) is 4. The van der Waals surface area contributed by atoms with E-state index in [-0.39, 0.29) is 18.4 Å². The molecule has 0 aliphatic rings. The molecule has 8 heteroatoms. The monoisotopic (exact) mass is 313 g/mol. The minimum Gasteiger partial charge on any atom is -0.468 e. The van der Waals surface area contributed by atoms with Gasteiger partial charge in [-0.25, -0.2) is 4.21 Å². The average molecular weight is 315 g/mol. The maximum absolute atomic E-state index is 10.8. The van der Waals surface area contributed by atoms with E-state index in [0.29, 0.717) is 0 Å². The van der Waals surface area contributed by atoms with E-state index in [1.807, 2.05) is 0 Å². The third-order valence-corrected chi connectivity index (χ3v) is 1.62. The van der Waals surface area contributed by atoms with Crippen LogP contribution < -0.4 is 5.73 Å². The Labute approximate surface area is 114 Å². The molecule has 1 atom stereocenters. The first-order valence-electron chi connectivity index (χ1n) is 4.53. The molecule has 0 radical (unpaired) electrons. The van der Waals surface area contributed by atoms with Gasteiger partial charge in [0.1, 0.15) is 6.04 Å². The standard InChI is InChI=1S/C8H17NO2.Cl2OS.ClH/c1-3-4-5-6-7(9)8(10)11-2;1-4(2)3;/h7H,3-6,9H2,1-2H3;;1H. The summed E-state index contributed by atoms with van der Waals surface area (Å²) in [4.78, 5) is 10.8. The zero-order chi connectivity index (χ0) is 12.3. The van der Waals surface area contributed by atoms with E-state index >= 15 is 0 Å². The van der Waals surface area contributed by atoms with Crippen molar-refractivity contribution in [1.29, 1.82) is 0 Å². The van der Waals surface area contributed by atoms with Gasteiger partial charge in [0.15, 0.2) is 0 Å². The zero-order valence-corrected chi connectivity index (χ0v) is 12.4. The fourth-order valence-corrected chi connectivity index (χ4v) is 0.883. The summed E-state index contributed by atoms with van der Waals surface area (Å²) in [5.41, 5.74) is 5.49. The van der Waals surface area contributed by atoms with Gasteiger partial charge in [-0.2, -0.15) is 0 Å². The molecule has 0 bridgehead atoms. The summed E-state index contributed by atoms with van der Waals surface area (Å²) in [5, 5.41) is 0. The van der Waals surface area contributed by atoms with Crippen molar-refractivity contribution < 1.29 is 13.7 Å². The molecule has 0 aromatic rings. The van der Waals surface area contributed by atoms with Crippen molar-refractivity contribution in [1.82, 2.24) is 0 Å². The SMILES string of the molecule is CCCCCC(N)C(=O)OC.Cl.O=S(Cl)Cl. The second-order valence-corrected chi connectivity index (χ2v) is 5.33. The van der Waals surface area contributed by atoms with Gasteiger partial charge in [-0.05, 0) is 6.42 Å². The van der Waals surface area contributed by atoms with E-state index in [0.717, 1.165) is 25.7 Å². The van der Waals surface area contributed by atoms with Crippen LogP contribution in [0.3, 0.4) is 0 Å².